The maximum atomic E-state index is 12.8. The van der Waals surface area contributed by atoms with Crippen LogP contribution in [0.15, 0.2) is 64.3 Å². The first-order valence-electron chi connectivity index (χ1n) is 12.1. The van der Waals surface area contributed by atoms with E-state index in [0.29, 0.717) is 24.5 Å². The molecule has 2 aromatic rings. The lowest BCUT2D eigenvalue weighted by molar-refractivity contribution is -0.135. The van der Waals surface area contributed by atoms with Crippen LogP contribution in [0, 0.1) is 5.92 Å². The predicted molar refractivity (Wildman–Crippen MR) is 125 cm³/mol. The molecule has 9 heteroatoms. The second-order valence-electron chi connectivity index (χ2n) is 9.42. The summed E-state index contributed by atoms with van der Waals surface area (Å²) in [6, 6.07) is 7.76. The van der Waals surface area contributed by atoms with Gasteiger partial charge in [-0.3, -0.25) is 9.69 Å². The van der Waals surface area contributed by atoms with Gasteiger partial charge >= 0.3 is 5.97 Å². The van der Waals surface area contributed by atoms with Gasteiger partial charge in [0, 0.05) is 37.3 Å². The van der Waals surface area contributed by atoms with E-state index in [1.165, 1.54) is 11.1 Å². The van der Waals surface area contributed by atoms with Gasteiger partial charge in [-0.15, -0.1) is 5.10 Å². The number of esters is 1. The molecule has 3 fully saturated rings. The fraction of sp³-hybridized carbons (Fsp3) is 0.423. The van der Waals surface area contributed by atoms with E-state index in [1.807, 2.05) is 29.2 Å². The van der Waals surface area contributed by atoms with Crippen LogP contribution in [0.1, 0.15) is 24.8 Å². The number of fused-ring (bicyclic) bond motifs is 2. The van der Waals surface area contributed by atoms with Crippen molar-refractivity contribution in [2.24, 2.45) is 5.92 Å². The number of tetrazole rings is 1. The molecule has 2 aliphatic heterocycles. The number of rotatable bonds is 6. The zero-order valence-corrected chi connectivity index (χ0v) is 19.4. The zero-order chi connectivity index (χ0) is 23.8. The molecule has 1 aromatic carbocycles. The molecule has 0 radical (unpaired) electrons. The smallest absolute Gasteiger partial charge is 0.347 e. The number of ether oxygens (including phenoxy) is 1. The number of benzene rings is 1. The Morgan fingerprint density at radius 2 is 1.91 bits per heavy atom. The molecule has 1 amide bonds. The summed E-state index contributed by atoms with van der Waals surface area (Å²) in [7, 11) is 0. The van der Waals surface area contributed by atoms with Gasteiger partial charge in [0.05, 0.1) is 12.1 Å². The summed E-state index contributed by atoms with van der Waals surface area (Å²) in [5.41, 5.74) is 12.3. The summed E-state index contributed by atoms with van der Waals surface area (Å²) in [6.07, 6.45) is 5.09. The van der Waals surface area contributed by atoms with E-state index in [1.54, 1.807) is 11.0 Å². The third kappa shape index (κ3) is 4.26. The SMILES string of the molecule is O=C1OCC2=C3CCC(CCN4CCN(C(=O)Cc5ccc(-n6cnnn6)cc5)CC4)C3=C=C=C12. The number of carbonyl (C=O) groups is 2. The van der Waals surface area contributed by atoms with Crippen molar-refractivity contribution in [2.45, 2.75) is 25.7 Å². The minimum absolute atomic E-state index is 0.167. The number of amides is 1. The molecular weight excluding hydrogens is 444 g/mol. The van der Waals surface area contributed by atoms with E-state index in [0.717, 1.165) is 68.8 Å². The first-order chi connectivity index (χ1) is 17.2. The van der Waals surface area contributed by atoms with Gasteiger partial charge in [0.2, 0.25) is 5.91 Å². The van der Waals surface area contributed by atoms with Crippen LogP contribution >= 0.6 is 0 Å². The lowest BCUT2D eigenvalue weighted by Crippen LogP contribution is -2.49. The Morgan fingerprint density at radius 3 is 2.69 bits per heavy atom. The Kier molecular flexibility index (Phi) is 5.66. The van der Waals surface area contributed by atoms with Gasteiger partial charge < -0.3 is 9.64 Å². The standard InChI is InChI=1S/C26H26N6O3/c33-25(15-18-1-4-20(5-2-18)32-17-27-28-29-32)31-13-11-30(12-14-31)10-9-19-3-6-22-21(19)7-8-23-24(22)16-35-26(23)34/h1-2,4-5,17,19H,3,6,9-16H2. The van der Waals surface area contributed by atoms with Crippen LogP contribution in [-0.4, -0.2) is 81.2 Å². The summed E-state index contributed by atoms with van der Waals surface area (Å²) < 4.78 is 6.78. The fourth-order valence-electron chi connectivity index (χ4n) is 5.42. The van der Waals surface area contributed by atoms with E-state index in [-0.39, 0.29) is 11.9 Å². The van der Waals surface area contributed by atoms with E-state index < -0.39 is 0 Å². The zero-order valence-electron chi connectivity index (χ0n) is 19.4. The van der Waals surface area contributed by atoms with Crippen LogP contribution in [0.4, 0.5) is 0 Å². The first kappa shape index (κ1) is 21.7. The van der Waals surface area contributed by atoms with Crippen LogP contribution < -0.4 is 0 Å². The molecule has 1 atom stereocenters. The molecule has 3 heterocycles. The molecule has 4 aliphatic rings. The molecule has 2 saturated heterocycles. The van der Waals surface area contributed by atoms with E-state index >= 15 is 0 Å². The molecule has 178 valence electrons. The number of allylic oxidation sites excluding steroid dienone is 2. The van der Waals surface area contributed by atoms with Gasteiger partial charge in [0.25, 0.3) is 0 Å². The third-order valence-corrected chi connectivity index (χ3v) is 7.44. The minimum atomic E-state index is -0.267. The first-order valence-corrected chi connectivity index (χ1v) is 12.1. The topological polar surface area (TPSA) is 93.5 Å². The number of aromatic nitrogens is 4. The number of nitrogens with zero attached hydrogens (tertiary/aromatic N) is 6. The largest absolute Gasteiger partial charge is 0.457 e. The molecule has 2 aliphatic carbocycles. The highest BCUT2D eigenvalue weighted by Gasteiger charge is 2.36. The Balaban J connectivity index is 0.988. The molecule has 6 rings (SSSR count). The van der Waals surface area contributed by atoms with Gasteiger partial charge in [-0.1, -0.05) is 23.6 Å². The summed E-state index contributed by atoms with van der Waals surface area (Å²) >= 11 is 0. The average Bonchev–Trinajstić information content (AvgIpc) is 3.64. The number of hydrogen-bond acceptors (Lipinski definition) is 7. The van der Waals surface area contributed by atoms with Gasteiger partial charge in [-0.2, -0.15) is 0 Å². The second-order valence-corrected chi connectivity index (χ2v) is 9.42. The van der Waals surface area contributed by atoms with Crippen LogP contribution in [-0.2, 0) is 20.7 Å². The summed E-state index contributed by atoms with van der Waals surface area (Å²) in [6.45, 7) is 4.70. The van der Waals surface area contributed by atoms with Crippen molar-refractivity contribution in [3.63, 3.8) is 0 Å². The monoisotopic (exact) mass is 470 g/mol. The molecule has 1 unspecified atom stereocenters. The molecule has 0 N–H and O–H groups in total. The van der Waals surface area contributed by atoms with Gasteiger partial charge in [-0.25, -0.2) is 9.48 Å². The third-order valence-electron chi connectivity index (χ3n) is 7.44. The Labute approximate surface area is 203 Å². The Bertz CT molecular complexity index is 1290. The van der Waals surface area contributed by atoms with Crippen LogP contribution in [0.2, 0.25) is 0 Å². The maximum Gasteiger partial charge on any atom is 0.347 e. The highest BCUT2D eigenvalue weighted by molar-refractivity contribution is 5.97. The molecule has 9 nitrogen and oxygen atoms in total. The minimum Gasteiger partial charge on any atom is -0.457 e. The average molecular weight is 471 g/mol. The van der Waals surface area contributed by atoms with Crippen LogP contribution in [0.3, 0.4) is 0 Å². The van der Waals surface area contributed by atoms with Gasteiger partial charge in [0.15, 0.2) is 0 Å². The highest BCUT2D eigenvalue weighted by atomic mass is 16.5. The maximum absolute atomic E-state index is 12.8. The molecule has 1 aromatic heterocycles. The summed E-state index contributed by atoms with van der Waals surface area (Å²) in [5, 5.41) is 11.2. The Morgan fingerprint density at radius 1 is 1.09 bits per heavy atom. The lowest BCUT2D eigenvalue weighted by atomic mass is 9.91. The molecule has 0 spiro atoms. The molecular formula is C26H26N6O3. The fourth-order valence-corrected chi connectivity index (χ4v) is 5.42. The molecule has 0 bridgehead atoms. The molecule has 1 saturated carbocycles. The second kappa shape index (κ2) is 9.12. The van der Waals surface area contributed by atoms with Crippen molar-refractivity contribution in [1.82, 2.24) is 30.0 Å². The van der Waals surface area contributed by atoms with Crippen molar-refractivity contribution < 1.29 is 14.3 Å². The normalized spacial score (nSPS) is 21.5. The quantitative estimate of drug-likeness (QED) is 0.468. The van der Waals surface area contributed by atoms with Gasteiger partial charge in [-0.05, 0) is 65.4 Å². The van der Waals surface area contributed by atoms with Crippen molar-refractivity contribution in [1.29, 1.82) is 0 Å². The van der Waals surface area contributed by atoms with Crippen molar-refractivity contribution >= 4 is 11.9 Å². The number of cyclic esters (lactones) is 1. The molecule has 35 heavy (non-hydrogen) atoms. The van der Waals surface area contributed by atoms with Crippen molar-refractivity contribution in [3.05, 3.63) is 69.9 Å². The highest BCUT2D eigenvalue weighted by Crippen LogP contribution is 2.43. The van der Waals surface area contributed by atoms with Crippen LogP contribution in [0.25, 0.3) is 5.69 Å². The van der Waals surface area contributed by atoms with Crippen LogP contribution in [0.5, 0.6) is 0 Å². The summed E-state index contributed by atoms with van der Waals surface area (Å²) in [5.74, 6) is 0.356. The number of piperazine rings is 1. The van der Waals surface area contributed by atoms with Gasteiger partial charge in [0.1, 0.15) is 18.5 Å². The van der Waals surface area contributed by atoms with E-state index in [2.05, 4.69) is 31.9 Å². The number of carbonyl (C=O) groups excluding carboxylic acids is 2. The van der Waals surface area contributed by atoms with Crippen molar-refractivity contribution in [2.75, 3.05) is 39.3 Å². The Hall–Kier alpha value is -3.77. The lowest BCUT2D eigenvalue weighted by Gasteiger charge is -2.35. The van der Waals surface area contributed by atoms with E-state index in [4.69, 9.17) is 4.74 Å². The summed E-state index contributed by atoms with van der Waals surface area (Å²) in [4.78, 5) is 29.1. The number of hydrogen-bond donors (Lipinski definition) is 0. The van der Waals surface area contributed by atoms with Crippen molar-refractivity contribution in [3.8, 4) is 5.69 Å². The predicted octanol–water partition coefficient (Wildman–Crippen LogP) is 1.62. The van der Waals surface area contributed by atoms with E-state index in [9.17, 15) is 9.59 Å².